The van der Waals surface area contributed by atoms with Crippen LogP contribution in [0.3, 0.4) is 0 Å². The number of hydrogen-bond donors (Lipinski definition) is 2. The molecule has 2 N–H and O–H groups in total. The van der Waals surface area contributed by atoms with E-state index in [0.717, 1.165) is 22.3 Å². The van der Waals surface area contributed by atoms with Crippen molar-refractivity contribution in [3.8, 4) is 5.75 Å². The van der Waals surface area contributed by atoms with E-state index in [-0.39, 0.29) is 5.75 Å². The molecular formula is C22H19N3O2S. The van der Waals surface area contributed by atoms with Crippen LogP contribution in [0.5, 0.6) is 5.75 Å². The van der Waals surface area contributed by atoms with Crippen molar-refractivity contribution in [2.45, 2.75) is 4.90 Å². The van der Waals surface area contributed by atoms with Crippen LogP contribution in [0.25, 0.3) is 10.9 Å². The van der Waals surface area contributed by atoms with Gasteiger partial charge in [0.1, 0.15) is 5.75 Å². The maximum atomic E-state index is 13.1. The second kappa shape index (κ2) is 7.32. The summed E-state index contributed by atoms with van der Waals surface area (Å²) in [6.07, 6.45) is 3.36. The summed E-state index contributed by atoms with van der Waals surface area (Å²) in [4.78, 5) is 5.09. The van der Waals surface area contributed by atoms with Crippen molar-refractivity contribution in [3.05, 3.63) is 85.1 Å². The fourth-order valence-corrected chi connectivity index (χ4v) is 4.25. The Balaban J connectivity index is 1.78. The Hall–Kier alpha value is -3.38. The average Bonchev–Trinajstić information content (AvgIpc) is 2.69. The second-order valence-electron chi connectivity index (χ2n) is 6.44. The number of nitrogens with one attached hydrogen (secondary N) is 1. The Morgan fingerprint density at radius 2 is 1.79 bits per heavy atom. The minimum atomic E-state index is -2.56. The van der Waals surface area contributed by atoms with Crippen molar-refractivity contribution in [3.63, 3.8) is 0 Å². The third-order valence-corrected chi connectivity index (χ3v) is 6.02. The summed E-state index contributed by atoms with van der Waals surface area (Å²) in [7, 11) is -2.56. The molecule has 0 fully saturated rings. The van der Waals surface area contributed by atoms with Crippen LogP contribution in [0.2, 0.25) is 0 Å². The van der Waals surface area contributed by atoms with Gasteiger partial charge in [0.25, 0.3) is 0 Å². The maximum Gasteiger partial charge on any atom is 0.117 e. The lowest BCUT2D eigenvalue weighted by molar-refractivity contribution is 0.475. The molecule has 1 atom stereocenters. The van der Waals surface area contributed by atoms with Gasteiger partial charge in [-0.15, -0.1) is 0 Å². The van der Waals surface area contributed by atoms with Gasteiger partial charge < -0.3 is 10.4 Å². The molecule has 140 valence electrons. The molecule has 0 amide bonds. The summed E-state index contributed by atoms with van der Waals surface area (Å²) in [6, 6.07) is 23.6. The Kier molecular flexibility index (Phi) is 4.71. The van der Waals surface area contributed by atoms with Gasteiger partial charge in [0.2, 0.25) is 0 Å². The summed E-state index contributed by atoms with van der Waals surface area (Å²) >= 11 is 0. The number of aromatic hydroxyl groups is 1. The van der Waals surface area contributed by atoms with Crippen molar-refractivity contribution in [1.82, 2.24) is 4.98 Å². The smallest absolute Gasteiger partial charge is 0.117 e. The zero-order valence-corrected chi connectivity index (χ0v) is 16.1. The van der Waals surface area contributed by atoms with Gasteiger partial charge in [-0.2, -0.15) is 4.36 Å². The molecule has 28 heavy (non-hydrogen) atoms. The largest absolute Gasteiger partial charge is 0.508 e. The first kappa shape index (κ1) is 18.0. The van der Waals surface area contributed by atoms with E-state index >= 15 is 0 Å². The van der Waals surface area contributed by atoms with E-state index in [9.17, 15) is 9.32 Å². The molecule has 0 aliphatic heterocycles. The second-order valence-corrected chi connectivity index (χ2v) is 8.70. The van der Waals surface area contributed by atoms with Crippen molar-refractivity contribution in [1.29, 1.82) is 0 Å². The Morgan fingerprint density at radius 3 is 2.57 bits per heavy atom. The van der Waals surface area contributed by atoms with E-state index < -0.39 is 9.73 Å². The van der Waals surface area contributed by atoms with Gasteiger partial charge in [0.15, 0.2) is 0 Å². The van der Waals surface area contributed by atoms with Crippen molar-refractivity contribution >= 4 is 37.7 Å². The van der Waals surface area contributed by atoms with Gasteiger partial charge in [-0.25, -0.2) is 4.21 Å². The molecule has 1 unspecified atom stereocenters. The third-order valence-electron chi connectivity index (χ3n) is 4.31. The van der Waals surface area contributed by atoms with E-state index in [2.05, 4.69) is 14.7 Å². The first-order chi connectivity index (χ1) is 13.5. The molecule has 0 saturated heterocycles. The van der Waals surface area contributed by atoms with Gasteiger partial charge in [-0.05, 0) is 48.5 Å². The zero-order chi connectivity index (χ0) is 19.6. The molecule has 1 aromatic heterocycles. The summed E-state index contributed by atoms with van der Waals surface area (Å²) in [5.41, 5.74) is 3.01. The van der Waals surface area contributed by atoms with E-state index in [4.69, 9.17) is 0 Å². The van der Waals surface area contributed by atoms with Gasteiger partial charge in [-0.3, -0.25) is 4.98 Å². The molecule has 6 heteroatoms. The van der Waals surface area contributed by atoms with Crippen LogP contribution in [-0.2, 0) is 9.73 Å². The quantitative estimate of drug-likeness (QED) is 0.485. The summed E-state index contributed by atoms with van der Waals surface area (Å²) in [6.45, 7) is 0. The summed E-state index contributed by atoms with van der Waals surface area (Å²) < 4.78 is 17.6. The Labute approximate surface area is 163 Å². The summed E-state index contributed by atoms with van der Waals surface area (Å²) in [5.74, 6) is 0.188. The van der Waals surface area contributed by atoms with Crippen molar-refractivity contribution in [2.75, 3.05) is 11.6 Å². The number of hydrogen-bond acceptors (Lipinski definition) is 5. The predicted octanol–water partition coefficient (Wildman–Crippen LogP) is 5.47. The number of nitrogens with zero attached hydrogens (tertiary/aromatic N) is 2. The molecule has 4 rings (SSSR count). The molecule has 0 aliphatic rings. The highest BCUT2D eigenvalue weighted by Gasteiger charge is 2.08. The van der Waals surface area contributed by atoms with Crippen LogP contribution in [0.4, 0.5) is 17.1 Å². The third kappa shape index (κ3) is 3.82. The lowest BCUT2D eigenvalue weighted by Crippen LogP contribution is -1.96. The van der Waals surface area contributed by atoms with Crippen molar-refractivity contribution < 1.29 is 9.32 Å². The molecule has 0 saturated carbocycles. The van der Waals surface area contributed by atoms with Gasteiger partial charge in [0.05, 0.1) is 20.9 Å². The van der Waals surface area contributed by atoms with Crippen LogP contribution in [-0.4, -0.2) is 20.6 Å². The zero-order valence-electron chi connectivity index (χ0n) is 15.2. The fourth-order valence-electron chi connectivity index (χ4n) is 2.97. The highest BCUT2D eigenvalue weighted by Crippen LogP contribution is 2.30. The van der Waals surface area contributed by atoms with E-state index in [1.807, 2.05) is 60.7 Å². The molecule has 0 aliphatic carbocycles. The standard InChI is InChI=1S/C22H19N3O2S/c1-28(27,19-8-3-2-4-9-19)25-17-10-11-21-20(15-17)22(12-13-23-21)24-16-6-5-7-18(26)14-16/h2-15,26H,1H3,(H,23,24). The normalized spacial score (nSPS) is 13.0. The Morgan fingerprint density at radius 1 is 0.964 bits per heavy atom. The van der Waals surface area contributed by atoms with Gasteiger partial charge in [0, 0.05) is 40.2 Å². The highest BCUT2D eigenvalue weighted by atomic mass is 32.2. The first-order valence-corrected chi connectivity index (χ1v) is 10.7. The van der Waals surface area contributed by atoms with Crippen LogP contribution in [0.1, 0.15) is 0 Å². The number of aromatic nitrogens is 1. The molecule has 3 aromatic carbocycles. The maximum absolute atomic E-state index is 13.1. The van der Waals surface area contributed by atoms with E-state index in [1.54, 1.807) is 30.7 Å². The fraction of sp³-hybridized carbons (Fsp3) is 0.0455. The van der Waals surface area contributed by atoms with Crippen LogP contribution < -0.4 is 5.32 Å². The van der Waals surface area contributed by atoms with E-state index in [1.165, 1.54) is 0 Å². The molecule has 0 radical (unpaired) electrons. The number of phenols is 1. The molecule has 0 spiro atoms. The number of pyridine rings is 1. The predicted molar refractivity (Wildman–Crippen MR) is 114 cm³/mol. The molecule has 0 bridgehead atoms. The number of phenolic OH excluding ortho intramolecular Hbond substituents is 1. The number of anilines is 2. The van der Waals surface area contributed by atoms with Crippen molar-refractivity contribution in [2.24, 2.45) is 4.36 Å². The minimum absolute atomic E-state index is 0.188. The van der Waals surface area contributed by atoms with E-state index in [0.29, 0.717) is 10.6 Å². The number of rotatable bonds is 4. The lowest BCUT2D eigenvalue weighted by atomic mass is 10.1. The van der Waals surface area contributed by atoms with Crippen LogP contribution >= 0.6 is 0 Å². The van der Waals surface area contributed by atoms with Gasteiger partial charge in [-0.1, -0.05) is 24.3 Å². The average molecular weight is 389 g/mol. The van der Waals surface area contributed by atoms with Crippen LogP contribution in [0.15, 0.2) is 94.3 Å². The topological polar surface area (TPSA) is 74.6 Å². The molecular weight excluding hydrogens is 370 g/mol. The highest BCUT2D eigenvalue weighted by molar-refractivity contribution is 7.93. The summed E-state index contributed by atoms with van der Waals surface area (Å²) in [5, 5.41) is 13.8. The van der Waals surface area contributed by atoms with Crippen LogP contribution in [0, 0.1) is 0 Å². The molecule has 1 heterocycles. The monoisotopic (exact) mass is 389 g/mol. The molecule has 4 aromatic rings. The number of benzene rings is 3. The SMILES string of the molecule is CS(=O)(=Nc1ccc2nccc(Nc3cccc(O)c3)c2c1)c1ccccc1. The lowest BCUT2D eigenvalue weighted by Gasteiger charge is -2.11. The van der Waals surface area contributed by atoms with Gasteiger partial charge >= 0.3 is 0 Å². The minimum Gasteiger partial charge on any atom is -0.508 e. The number of fused-ring (bicyclic) bond motifs is 1. The Bertz CT molecular complexity index is 1260. The first-order valence-electron chi connectivity index (χ1n) is 8.73. The molecule has 5 nitrogen and oxygen atoms in total.